The van der Waals surface area contributed by atoms with Gasteiger partial charge in [-0.2, -0.15) is 9.97 Å². The molecule has 4 aromatic rings. The molecule has 1 aliphatic heterocycles. The van der Waals surface area contributed by atoms with Gasteiger partial charge in [-0.3, -0.25) is 4.90 Å². The van der Waals surface area contributed by atoms with E-state index in [0.717, 1.165) is 11.1 Å². The van der Waals surface area contributed by atoms with Crippen molar-refractivity contribution in [1.82, 2.24) is 29.3 Å². The summed E-state index contributed by atoms with van der Waals surface area (Å²) in [6.07, 6.45) is 1.28. The summed E-state index contributed by atoms with van der Waals surface area (Å²) in [7, 11) is 1.69. The van der Waals surface area contributed by atoms with E-state index in [2.05, 4.69) is 38.6 Å². The highest BCUT2D eigenvalue weighted by Gasteiger charge is 2.36. The lowest BCUT2D eigenvalue weighted by molar-refractivity contribution is 0.0294. The van der Waals surface area contributed by atoms with E-state index in [9.17, 15) is 13.6 Å². The Kier molecular flexibility index (Phi) is 9.08. The summed E-state index contributed by atoms with van der Waals surface area (Å²) in [5.41, 5.74) is 2.46. The summed E-state index contributed by atoms with van der Waals surface area (Å²) >= 11 is 6.46. The minimum Gasteiger partial charge on any atom is -0.444 e. The summed E-state index contributed by atoms with van der Waals surface area (Å²) in [5, 5.41) is 0.104. The van der Waals surface area contributed by atoms with Crippen molar-refractivity contribution >= 4 is 34.7 Å². The number of anilines is 1. The fourth-order valence-electron chi connectivity index (χ4n) is 5.63. The van der Waals surface area contributed by atoms with Crippen LogP contribution < -0.4 is 4.90 Å². The van der Waals surface area contributed by atoms with E-state index in [1.807, 2.05) is 25.3 Å². The molecule has 12 heteroatoms. The van der Waals surface area contributed by atoms with Gasteiger partial charge in [-0.25, -0.2) is 18.6 Å². The second kappa shape index (κ2) is 12.6. The number of carbonyl (C=O) groups is 1. The topological polar surface area (TPSA) is 79.6 Å². The Bertz CT molecular complexity index is 1560. The maximum atomic E-state index is 13.8. The predicted molar refractivity (Wildman–Crippen MR) is 167 cm³/mol. The first-order chi connectivity index (χ1) is 20.8. The van der Waals surface area contributed by atoms with Crippen LogP contribution in [0.4, 0.5) is 19.4 Å². The summed E-state index contributed by atoms with van der Waals surface area (Å²) in [6.45, 7) is 11.8. The molecular weight excluding hydrogens is 588 g/mol. The van der Waals surface area contributed by atoms with E-state index in [4.69, 9.17) is 16.3 Å². The normalized spacial score (nSPS) is 17.8. The molecule has 2 aromatic carbocycles. The number of benzene rings is 2. The monoisotopic (exact) mass is 625 g/mol. The van der Waals surface area contributed by atoms with Gasteiger partial charge in [0.25, 0.3) is 0 Å². The van der Waals surface area contributed by atoms with Gasteiger partial charge in [-0.1, -0.05) is 24.3 Å². The number of piperazine rings is 1. The Balaban J connectivity index is 1.39. The van der Waals surface area contributed by atoms with Crippen LogP contribution in [0.2, 0.25) is 5.28 Å². The van der Waals surface area contributed by atoms with Gasteiger partial charge in [0, 0.05) is 45.3 Å². The fourth-order valence-corrected chi connectivity index (χ4v) is 5.79. The molecule has 44 heavy (non-hydrogen) atoms. The van der Waals surface area contributed by atoms with Gasteiger partial charge >= 0.3 is 6.09 Å². The maximum Gasteiger partial charge on any atom is 0.410 e. The van der Waals surface area contributed by atoms with Crippen molar-refractivity contribution in [2.75, 3.05) is 31.6 Å². The standard InChI is InChI=1S/C32H38ClF2N7O2/c1-20-18-42(21(2)17-41(20)27(22-7-11-24(34)12-8-22)23-9-13-25(35)14-10-23)29-26-28(37-30(33)38-29)40(19-36-26)16-15-39(6)31(43)44-32(3,4)5/h7-14,19-21,27H,15-18H2,1-6H3/t20-,21+/m1/s1. The number of likely N-dealkylation sites (N-methyl/N-ethyl adjacent to an activating group) is 1. The van der Waals surface area contributed by atoms with Crippen molar-refractivity contribution in [2.45, 2.75) is 64.9 Å². The zero-order valence-corrected chi connectivity index (χ0v) is 26.6. The molecule has 3 heterocycles. The molecule has 0 radical (unpaired) electrons. The number of imidazole rings is 1. The number of rotatable bonds is 7. The van der Waals surface area contributed by atoms with E-state index in [0.29, 0.717) is 43.2 Å². The molecular formula is C32H38ClF2N7O2. The molecule has 1 saturated heterocycles. The second-order valence-corrected chi connectivity index (χ2v) is 12.7. The number of hydrogen-bond donors (Lipinski definition) is 0. The maximum absolute atomic E-state index is 13.8. The molecule has 234 valence electrons. The van der Waals surface area contributed by atoms with Gasteiger partial charge in [-0.05, 0) is 81.6 Å². The first-order valence-corrected chi connectivity index (χ1v) is 15.0. The molecule has 0 saturated carbocycles. The Morgan fingerprint density at radius 1 is 1.00 bits per heavy atom. The Morgan fingerprint density at radius 3 is 2.16 bits per heavy atom. The van der Waals surface area contributed by atoms with Crippen LogP contribution in [0.25, 0.3) is 11.2 Å². The van der Waals surface area contributed by atoms with E-state index in [1.54, 1.807) is 37.6 Å². The highest BCUT2D eigenvalue weighted by Crippen LogP contribution is 2.36. The van der Waals surface area contributed by atoms with E-state index >= 15 is 0 Å². The fraction of sp³-hybridized carbons (Fsp3) is 0.438. The van der Waals surface area contributed by atoms with Crippen LogP contribution in [-0.2, 0) is 11.3 Å². The van der Waals surface area contributed by atoms with Crippen LogP contribution in [-0.4, -0.2) is 79.8 Å². The number of nitrogens with zero attached hydrogens (tertiary/aromatic N) is 7. The minimum atomic E-state index is -0.585. The number of aromatic nitrogens is 4. The largest absolute Gasteiger partial charge is 0.444 e. The second-order valence-electron chi connectivity index (χ2n) is 12.4. The first-order valence-electron chi connectivity index (χ1n) is 14.7. The average Bonchev–Trinajstić information content (AvgIpc) is 3.36. The summed E-state index contributed by atoms with van der Waals surface area (Å²) in [6, 6.07) is 12.8. The molecule has 0 bridgehead atoms. The van der Waals surface area contributed by atoms with Crippen LogP contribution in [0, 0.1) is 11.6 Å². The summed E-state index contributed by atoms with van der Waals surface area (Å²) < 4.78 is 35.0. The van der Waals surface area contributed by atoms with E-state index in [1.165, 1.54) is 29.2 Å². The molecule has 9 nitrogen and oxygen atoms in total. The quantitative estimate of drug-likeness (QED) is 0.223. The SMILES string of the molecule is C[C@@H]1CN(c2nc(Cl)nc3c2ncn3CCN(C)C(=O)OC(C)(C)C)[C@@H](C)CN1C(c1ccc(F)cc1)c1ccc(F)cc1. The number of hydrogen-bond acceptors (Lipinski definition) is 7. The lowest BCUT2D eigenvalue weighted by atomic mass is 9.93. The highest BCUT2D eigenvalue weighted by molar-refractivity contribution is 6.28. The van der Waals surface area contributed by atoms with Crippen molar-refractivity contribution in [1.29, 1.82) is 0 Å². The summed E-state index contributed by atoms with van der Waals surface area (Å²) in [5.74, 6) is 0.0233. The van der Waals surface area contributed by atoms with Crippen LogP contribution in [0.15, 0.2) is 54.9 Å². The van der Waals surface area contributed by atoms with Gasteiger partial charge in [-0.15, -0.1) is 0 Å². The third kappa shape index (κ3) is 6.94. The molecule has 0 spiro atoms. The van der Waals surface area contributed by atoms with Gasteiger partial charge in [0.1, 0.15) is 17.2 Å². The number of carbonyl (C=O) groups excluding carboxylic acids is 1. The lowest BCUT2D eigenvalue weighted by Gasteiger charge is -2.48. The third-order valence-corrected chi connectivity index (χ3v) is 7.98. The zero-order valence-electron chi connectivity index (χ0n) is 25.8. The molecule has 1 aliphatic rings. The zero-order chi connectivity index (χ0) is 31.8. The number of ether oxygens (including phenoxy) is 1. The number of amides is 1. The minimum absolute atomic E-state index is 0.00721. The highest BCUT2D eigenvalue weighted by atomic mass is 35.5. The van der Waals surface area contributed by atoms with Crippen molar-refractivity contribution in [3.63, 3.8) is 0 Å². The van der Waals surface area contributed by atoms with Gasteiger partial charge < -0.3 is 19.1 Å². The Labute approximate surface area is 261 Å². The average molecular weight is 626 g/mol. The van der Waals surface area contributed by atoms with Crippen molar-refractivity contribution < 1.29 is 18.3 Å². The predicted octanol–water partition coefficient (Wildman–Crippen LogP) is 6.31. The van der Waals surface area contributed by atoms with Crippen molar-refractivity contribution in [3.8, 4) is 0 Å². The Morgan fingerprint density at radius 2 is 1.59 bits per heavy atom. The van der Waals surface area contributed by atoms with Gasteiger partial charge in [0.2, 0.25) is 5.28 Å². The lowest BCUT2D eigenvalue weighted by Crippen LogP contribution is -2.57. The molecule has 0 N–H and O–H groups in total. The first kappa shape index (κ1) is 31.6. The van der Waals surface area contributed by atoms with Gasteiger partial charge in [0.05, 0.1) is 12.4 Å². The molecule has 0 unspecified atom stereocenters. The third-order valence-electron chi connectivity index (χ3n) is 7.81. The number of halogens is 3. The van der Waals surface area contributed by atoms with Crippen LogP contribution in [0.3, 0.4) is 0 Å². The molecule has 1 amide bonds. The number of fused-ring (bicyclic) bond motifs is 1. The van der Waals surface area contributed by atoms with Crippen LogP contribution in [0.1, 0.15) is 51.8 Å². The van der Waals surface area contributed by atoms with E-state index in [-0.39, 0.29) is 35.0 Å². The molecule has 0 aliphatic carbocycles. The van der Waals surface area contributed by atoms with Crippen molar-refractivity contribution in [3.05, 3.63) is 82.9 Å². The van der Waals surface area contributed by atoms with Crippen LogP contribution in [0.5, 0.6) is 0 Å². The van der Waals surface area contributed by atoms with Crippen LogP contribution >= 0.6 is 11.6 Å². The summed E-state index contributed by atoms with van der Waals surface area (Å²) in [4.78, 5) is 32.2. The Hall–Kier alpha value is -3.83. The molecule has 2 aromatic heterocycles. The smallest absolute Gasteiger partial charge is 0.410 e. The molecule has 5 rings (SSSR count). The van der Waals surface area contributed by atoms with Gasteiger partial charge in [0.15, 0.2) is 17.0 Å². The molecule has 1 fully saturated rings. The van der Waals surface area contributed by atoms with Crippen molar-refractivity contribution in [2.24, 2.45) is 0 Å². The molecule has 2 atom stereocenters. The van der Waals surface area contributed by atoms with E-state index < -0.39 is 11.7 Å².